The summed E-state index contributed by atoms with van der Waals surface area (Å²) in [5, 5.41) is 0.435. The molecule has 0 fully saturated rings. The maximum atomic E-state index is 6.43. The lowest BCUT2D eigenvalue weighted by atomic mass is 10.1. The standard InChI is InChI=1S/C11H5Br2Cl3S/c12-7-3-5(14)1-2-6(7)10(15)9-4-8(13)11(16)17-9/h1-4,10H. The molecule has 0 aliphatic carbocycles. The average Bonchev–Trinajstić information content (AvgIpc) is 2.58. The number of halogens is 5. The molecule has 1 aromatic carbocycles. The topological polar surface area (TPSA) is 0 Å². The first kappa shape index (κ1) is 14.2. The molecular formula is C11H5Br2Cl3S. The van der Waals surface area contributed by atoms with Gasteiger partial charge in [-0.15, -0.1) is 22.9 Å². The Kier molecular flexibility index (Phi) is 4.84. The maximum Gasteiger partial charge on any atom is 0.107 e. The van der Waals surface area contributed by atoms with Gasteiger partial charge in [0.2, 0.25) is 0 Å². The van der Waals surface area contributed by atoms with Gasteiger partial charge in [0.05, 0.1) is 5.38 Å². The number of alkyl halides is 1. The molecule has 6 heteroatoms. The van der Waals surface area contributed by atoms with Gasteiger partial charge in [-0.3, -0.25) is 0 Å². The van der Waals surface area contributed by atoms with Crippen molar-refractivity contribution in [2.75, 3.05) is 0 Å². The van der Waals surface area contributed by atoms with E-state index in [1.54, 1.807) is 0 Å². The van der Waals surface area contributed by atoms with Crippen molar-refractivity contribution in [3.8, 4) is 0 Å². The van der Waals surface area contributed by atoms with Crippen molar-refractivity contribution >= 4 is 78.0 Å². The van der Waals surface area contributed by atoms with Crippen LogP contribution in [0.4, 0.5) is 0 Å². The van der Waals surface area contributed by atoms with E-state index >= 15 is 0 Å². The van der Waals surface area contributed by atoms with Crippen LogP contribution in [0.15, 0.2) is 33.2 Å². The van der Waals surface area contributed by atoms with Crippen LogP contribution in [-0.4, -0.2) is 0 Å². The first-order valence-corrected chi connectivity index (χ1v) is 8.12. The predicted octanol–water partition coefficient (Wildman–Crippen LogP) is 6.91. The smallest absolute Gasteiger partial charge is 0.107 e. The number of benzene rings is 1. The number of thiophene rings is 1. The monoisotopic (exact) mass is 432 g/mol. The van der Waals surface area contributed by atoms with E-state index in [4.69, 9.17) is 34.8 Å². The first-order chi connectivity index (χ1) is 7.99. The Hall–Kier alpha value is 0.750. The normalized spacial score (nSPS) is 12.8. The van der Waals surface area contributed by atoms with Crippen LogP contribution in [0.5, 0.6) is 0 Å². The Morgan fingerprint density at radius 1 is 1.06 bits per heavy atom. The Morgan fingerprint density at radius 2 is 1.76 bits per heavy atom. The van der Waals surface area contributed by atoms with E-state index in [2.05, 4.69) is 31.9 Å². The summed E-state index contributed by atoms with van der Waals surface area (Å²) in [6.07, 6.45) is 0. The number of rotatable bonds is 2. The average molecular weight is 435 g/mol. The number of hydrogen-bond acceptors (Lipinski definition) is 1. The molecule has 2 aromatic rings. The van der Waals surface area contributed by atoms with E-state index in [9.17, 15) is 0 Å². The van der Waals surface area contributed by atoms with Crippen molar-refractivity contribution in [3.05, 3.63) is 53.0 Å². The maximum absolute atomic E-state index is 6.43. The highest BCUT2D eigenvalue weighted by atomic mass is 79.9. The molecule has 2 rings (SSSR count). The summed E-state index contributed by atoms with van der Waals surface area (Å²) >= 11 is 26.6. The minimum absolute atomic E-state index is 0.240. The Balaban J connectivity index is 2.39. The lowest BCUT2D eigenvalue weighted by molar-refractivity contribution is 1.17. The molecule has 0 saturated carbocycles. The largest absolute Gasteiger partial charge is 0.125 e. The molecule has 0 N–H and O–H groups in total. The predicted molar refractivity (Wildman–Crippen MR) is 83.9 cm³/mol. The van der Waals surface area contributed by atoms with E-state index in [1.165, 1.54) is 11.3 Å². The van der Waals surface area contributed by atoms with E-state index in [0.29, 0.717) is 9.36 Å². The molecular weight excluding hydrogens is 430 g/mol. The van der Waals surface area contributed by atoms with Gasteiger partial charge < -0.3 is 0 Å². The second kappa shape index (κ2) is 5.81. The van der Waals surface area contributed by atoms with Crippen molar-refractivity contribution in [2.45, 2.75) is 5.38 Å². The summed E-state index contributed by atoms with van der Waals surface area (Å²) in [6, 6.07) is 7.50. The minimum atomic E-state index is -0.240. The fourth-order valence-electron chi connectivity index (χ4n) is 1.35. The summed E-state index contributed by atoms with van der Waals surface area (Å²) in [4.78, 5) is 0.992. The molecule has 1 unspecified atom stereocenters. The molecule has 0 saturated heterocycles. The molecule has 1 heterocycles. The van der Waals surface area contributed by atoms with Crippen LogP contribution in [0.25, 0.3) is 0 Å². The summed E-state index contributed by atoms with van der Waals surface area (Å²) in [5.41, 5.74) is 0.974. The van der Waals surface area contributed by atoms with E-state index in [-0.39, 0.29) is 5.38 Å². The molecule has 17 heavy (non-hydrogen) atoms. The molecule has 0 amide bonds. The van der Waals surface area contributed by atoms with Crippen molar-refractivity contribution in [3.63, 3.8) is 0 Å². The van der Waals surface area contributed by atoms with E-state index < -0.39 is 0 Å². The second-order valence-electron chi connectivity index (χ2n) is 3.30. The molecule has 0 bridgehead atoms. The fraction of sp³-hybridized carbons (Fsp3) is 0.0909. The van der Waals surface area contributed by atoms with Crippen LogP contribution in [0.2, 0.25) is 9.36 Å². The highest BCUT2D eigenvalue weighted by Gasteiger charge is 2.17. The lowest BCUT2D eigenvalue weighted by Crippen LogP contribution is -1.91. The van der Waals surface area contributed by atoms with Crippen LogP contribution in [0.3, 0.4) is 0 Å². The lowest BCUT2D eigenvalue weighted by Gasteiger charge is -2.10. The molecule has 0 radical (unpaired) electrons. The highest BCUT2D eigenvalue weighted by Crippen LogP contribution is 2.42. The van der Waals surface area contributed by atoms with Gasteiger partial charge in [-0.25, -0.2) is 0 Å². The quantitative estimate of drug-likeness (QED) is 0.450. The molecule has 0 aliphatic heterocycles. The Labute approximate surface area is 135 Å². The van der Waals surface area contributed by atoms with Crippen molar-refractivity contribution < 1.29 is 0 Å². The van der Waals surface area contributed by atoms with Crippen molar-refractivity contribution in [1.82, 2.24) is 0 Å². The van der Waals surface area contributed by atoms with Gasteiger partial charge in [0.15, 0.2) is 0 Å². The van der Waals surface area contributed by atoms with Gasteiger partial charge in [0, 0.05) is 18.8 Å². The van der Waals surface area contributed by atoms with Crippen LogP contribution in [-0.2, 0) is 0 Å². The molecule has 1 aromatic heterocycles. The van der Waals surface area contributed by atoms with Crippen LogP contribution in [0, 0.1) is 0 Å². The van der Waals surface area contributed by atoms with Crippen molar-refractivity contribution in [2.24, 2.45) is 0 Å². The zero-order valence-electron chi connectivity index (χ0n) is 8.18. The second-order valence-corrected chi connectivity index (χ2v) is 7.57. The third-order valence-corrected chi connectivity index (χ3v) is 6.21. The Morgan fingerprint density at radius 3 is 2.29 bits per heavy atom. The van der Waals surface area contributed by atoms with Gasteiger partial charge in [0.25, 0.3) is 0 Å². The summed E-state index contributed by atoms with van der Waals surface area (Å²) < 4.78 is 2.47. The third kappa shape index (κ3) is 3.20. The Bertz CT molecular complexity index is 534. The molecule has 0 aliphatic rings. The first-order valence-electron chi connectivity index (χ1n) is 4.53. The summed E-state index contributed by atoms with van der Waals surface area (Å²) in [5.74, 6) is 0. The highest BCUT2D eigenvalue weighted by molar-refractivity contribution is 9.10. The van der Waals surface area contributed by atoms with Crippen LogP contribution in [0.1, 0.15) is 15.8 Å². The van der Waals surface area contributed by atoms with Gasteiger partial charge in [-0.2, -0.15) is 0 Å². The SMILES string of the molecule is Clc1ccc(C(Cl)c2cc(Br)c(Cl)s2)c(Br)c1. The zero-order valence-corrected chi connectivity index (χ0v) is 14.4. The fourth-order valence-corrected chi connectivity index (χ4v) is 4.51. The van der Waals surface area contributed by atoms with Gasteiger partial charge in [-0.05, 0) is 39.7 Å². The van der Waals surface area contributed by atoms with E-state index in [0.717, 1.165) is 19.4 Å². The number of hydrogen-bond donors (Lipinski definition) is 0. The minimum Gasteiger partial charge on any atom is -0.125 e. The zero-order chi connectivity index (χ0) is 12.6. The molecule has 0 spiro atoms. The van der Waals surface area contributed by atoms with Gasteiger partial charge in [-0.1, -0.05) is 45.2 Å². The summed E-state index contributed by atoms with van der Waals surface area (Å²) in [7, 11) is 0. The molecule has 90 valence electrons. The molecule has 1 atom stereocenters. The third-order valence-electron chi connectivity index (χ3n) is 2.15. The van der Waals surface area contributed by atoms with Crippen molar-refractivity contribution in [1.29, 1.82) is 0 Å². The van der Waals surface area contributed by atoms with Crippen LogP contribution < -0.4 is 0 Å². The van der Waals surface area contributed by atoms with Gasteiger partial charge in [0.1, 0.15) is 4.34 Å². The van der Waals surface area contributed by atoms with E-state index in [1.807, 2.05) is 24.3 Å². The van der Waals surface area contributed by atoms with Gasteiger partial charge >= 0.3 is 0 Å². The van der Waals surface area contributed by atoms with Crippen LogP contribution >= 0.6 is 78.0 Å². The molecule has 0 nitrogen and oxygen atoms in total. The summed E-state index contributed by atoms with van der Waals surface area (Å²) in [6.45, 7) is 0.